The van der Waals surface area contributed by atoms with Gasteiger partial charge >= 0.3 is 5.97 Å². The molecule has 0 bridgehead atoms. The van der Waals surface area contributed by atoms with Crippen LogP contribution in [0.4, 0.5) is 0 Å². The highest BCUT2D eigenvalue weighted by Gasteiger charge is 2.14. The van der Waals surface area contributed by atoms with Gasteiger partial charge in [0.1, 0.15) is 17.1 Å². The van der Waals surface area contributed by atoms with Gasteiger partial charge < -0.3 is 19.7 Å². The van der Waals surface area contributed by atoms with Crippen LogP contribution in [0.5, 0.6) is 11.5 Å². The Balaban J connectivity index is 2.00. The predicted molar refractivity (Wildman–Crippen MR) is 80.7 cm³/mol. The molecular weight excluding hydrogens is 284 g/mol. The Labute approximate surface area is 128 Å². The van der Waals surface area contributed by atoms with Crippen LogP contribution in [0.3, 0.4) is 0 Å². The van der Waals surface area contributed by atoms with Gasteiger partial charge in [0.15, 0.2) is 6.29 Å². The standard InChI is InChI=1S/C17H18O5/c18-16(19)11-6-12-21-17(20)14-9-4-5-10-15(14)22-13-7-2-1-3-8-13/h1-5,7-10,16,18-19H,6,11-12H2. The molecule has 2 N–H and O–H groups in total. The summed E-state index contributed by atoms with van der Waals surface area (Å²) in [5.41, 5.74) is 0.330. The molecule has 2 rings (SSSR count). The van der Waals surface area contributed by atoms with Crippen LogP contribution in [0.1, 0.15) is 23.2 Å². The predicted octanol–water partition coefficient (Wildman–Crippen LogP) is 2.73. The second-order valence-electron chi connectivity index (χ2n) is 4.67. The zero-order chi connectivity index (χ0) is 15.8. The maximum atomic E-state index is 12.1. The lowest BCUT2D eigenvalue weighted by molar-refractivity contribution is -0.0494. The van der Waals surface area contributed by atoms with Crippen LogP contribution in [0.15, 0.2) is 54.6 Å². The maximum Gasteiger partial charge on any atom is 0.341 e. The number of rotatable bonds is 7. The van der Waals surface area contributed by atoms with Gasteiger partial charge in [0.05, 0.1) is 6.61 Å². The first-order valence-electron chi connectivity index (χ1n) is 7.02. The summed E-state index contributed by atoms with van der Waals surface area (Å²) in [6.07, 6.45) is -0.840. The molecule has 0 saturated heterocycles. The number of aliphatic hydroxyl groups excluding tert-OH is 1. The van der Waals surface area contributed by atoms with Crippen LogP contribution in [-0.2, 0) is 4.74 Å². The fourth-order valence-corrected chi connectivity index (χ4v) is 1.85. The number of ether oxygens (including phenoxy) is 2. The van der Waals surface area contributed by atoms with Crippen molar-refractivity contribution in [2.45, 2.75) is 19.1 Å². The molecule has 2 aromatic rings. The topological polar surface area (TPSA) is 76.0 Å². The van der Waals surface area contributed by atoms with E-state index in [0.29, 0.717) is 23.5 Å². The Morgan fingerprint density at radius 2 is 1.68 bits per heavy atom. The molecule has 0 fully saturated rings. The fraction of sp³-hybridized carbons (Fsp3) is 0.235. The van der Waals surface area contributed by atoms with Gasteiger partial charge in [-0.05, 0) is 30.7 Å². The summed E-state index contributed by atoms with van der Waals surface area (Å²) in [6.45, 7) is 0.121. The van der Waals surface area contributed by atoms with E-state index in [1.165, 1.54) is 0 Å². The van der Waals surface area contributed by atoms with Crippen LogP contribution in [0, 0.1) is 0 Å². The van der Waals surface area contributed by atoms with Gasteiger partial charge in [-0.25, -0.2) is 4.79 Å². The molecule has 0 aliphatic rings. The van der Waals surface area contributed by atoms with E-state index in [1.807, 2.05) is 18.2 Å². The molecule has 0 aliphatic carbocycles. The van der Waals surface area contributed by atoms with Crippen LogP contribution >= 0.6 is 0 Å². The van der Waals surface area contributed by atoms with E-state index >= 15 is 0 Å². The molecule has 0 aliphatic heterocycles. The van der Waals surface area contributed by atoms with Gasteiger partial charge in [-0.1, -0.05) is 30.3 Å². The summed E-state index contributed by atoms with van der Waals surface area (Å²) in [7, 11) is 0. The van der Waals surface area contributed by atoms with Crippen molar-refractivity contribution in [2.24, 2.45) is 0 Å². The largest absolute Gasteiger partial charge is 0.462 e. The van der Waals surface area contributed by atoms with E-state index in [2.05, 4.69) is 0 Å². The zero-order valence-electron chi connectivity index (χ0n) is 12.0. The highest BCUT2D eigenvalue weighted by atomic mass is 16.5. The number of benzene rings is 2. The molecule has 0 atom stereocenters. The van der Waals surface area contributed by atoms with E-state index in [4.69, 9.17) is 19.7 Å². The Hall–Kier alpha value is -2.37. The third-order valence-electron chi connectivity index (χ3n) is 2.92. The quantitative estimate of drug-likeness (QED) is 0.467. The summed E-state index contributed by atoms with van der Waals surface area (Å²) in [6, 6.07) is 16.0. The van der Waals surface area contributed by atoms with Crippen molar-refractivity contribution in [3.05, 3.63) is 60.2 Å². The molecule has 5 nitrogen and oxygen atoms in total. The van der Waals surface area contributed by atoms with E-state index in [1.54, 1.807) is 36.4 Å². The van der Waals surface area contributed by atoms with E-state index in [0.717, 1.165) is 0 Å². The van der Waals surface area contributed by atoms with Crippen molar-refractivity contribution >= 4 is 5.97 Å². The highest BCUT2D eigenvalue weighted by molar-refractivity contribution is 5.92. The number of hydrogen-bond donors (Lipinski definition) is 2. The van der Waals surface area contributed by atoms with Gasteiger partial charge in [-0.3, -0.25) is 0 Å². The molecule has 0 spiro atoms. The minimum Gasteiger partial charge on any atom is -0.462 e. The van der Waals surface area contributed by atoms with Gasteiger partial charge in [0, 0.05) is 6.42 Å². The fourth-order valence-electron chi connectivity index (χ4n) is 1.85. The van der Waals surface area contributed by atoms with Crippen molar-refractivity contribution in [1.82, 2.24) is 0 Å². The summed E-state index contributed by atoms with van der Waals surface area (Å²) < 4.78 is 10.8. The molecule has 0 saturated carbocycles. The first-order valence-corrected chi connectivity index (χ1v) is 7.02. The van der Waals surface area contributed by atoms with E-state index in [-0.39, 0.29) is 13.0 Å². The number of para-hydroxylation sites is 2. The Bertz CT molecular complexity index is 595. The Kier molecular flexibility index (Phi) is 5.94. The number of aliphatic hydroxyl groups is 2. The van der Waals surface area contributed by atoms with Crippen LogP contribution in [0.25, 0.3) is 0 Å². The van der Waals surface area contributed by atoms with Crippen LogP contribution in [-0.4, -0.2) is 29.1 Å². The molecule has 0 aromatic heterocycles. The van der Waals surface area contributed by atoms with Crippen molar-refractivity contribution in [2.75, 3.05) is 6.61 Å². The summed E-state index contributed by atoms with van der Waals surface area (Å²) in [4.78, 5) is 12.1. The smallest absolute Gasteiger partial charge is 0.341 e. The van der Waals surface area contributed by atoms with Crippen molar-refractivity contribution in [1.29, 1.82) is 0 Å². The first kappa shape index (κ1) is 16.0. The summed E-state index contributed by atoms with van der Waals surface area (Å²) >= 11 is 0. The number of carbonyl (C=O) groups excluding carboxylic acids is 1. The Morgan fingerprint density at radius 1 is 1.00 bits per heavy atom. The highest BCUT2D eigenvalue weighted by Crippen LogP contribution is 2.25. The first-order chi connectivity index (χ1) is 10.7. The van der Waals surface area contributed by atoms with Gasteiger partial charge in [0.2, 0.25) is 0 Å². The molecule has 0 amide bonds. The number of esters is 1. The molecular formula is C17H18O5. The maximum absolute atomic E-state index is 12.1. The second-order valence-corrected chi connectivity index (χ2v) is 4.67. The second kappa shape index (κ2) is 8.17. The lowest BCUT2D eigenvalue weighted by Gasteiger charge is -2.11. The van der Waals surface area contributed by atoms with E-state index < -0.39 is 12.3 Å². The SMILES string of the molecule is O=C(OCCCC(O)O)c1ccccc1Oc1ccccc1. The molecule has 0 heterocycles. The van der Waals surface area contributed by atoms with Gasteiger partial charge in [-0.2, -0.15) is 0 Å². The zero-order valence-corrected chi connectivity index (χ0v) is 12.0. The van der Waals surface area contributed by atoms with Gasteiger partial charge in [0.25, 0.3) is 0 Å². The van der Waals surface area contributed by atoms with Crippen molar-refractivity contribution in [3.63, 3.8) is 0 Å². The normalized spacial score (nSPS) is 10.5. The molecule has 116 valence electrons. The lowest BCUT2D eigenvalue weighted by Crippen LogP contribution is -2.10. The molecule has 22 heavy (non-hydrogen) atoms. The molecule has 0 radical (unpaired) electrons. The minimum atomic E-state index is -1.38. The van der Waals surface area contributed by atoms with Crippen molar-refractivity contribution in [3.8, 4) is 11.5 Å². The number of hydrogen-bond acceptors (Lipinski definition) is 5. The molecule has 0 unspecified atom stereocenters. The molecule has 5 heteroatoms. The third-order valence-corrected chi connectivity index (χ3v) is 2.92. The van der Waals surface area contributed by atoms with Gasteiger partial charge in [-0.15, -0.1) is 0 Å². The average molecular weight is 302 g/mol. The lowest BCUT2D eigenvalue weighted by atomic mass is 10.2. The minimum absolute atomic E-state index is 0.121. The average Bonchev–Trinajstić information content (AvgIpc) is 2.53. The van der Waals surface area contributed by atoms with Crippen LogP contribution < -0.4 is 4.74 Å². The Morgan fingerprint density at radius 3 is 2.41 bits per heavy atom. The monoisotopic (exact) mass is 302 g/mol. The molecule has 2 aromatic carbocycles. The van der Waals surface area contributed by atoms with E-state index in [9.17, 15) is 4.79 Å². The number of carbonyl (C=O) groups is 1. The van der Waals surface area contributed by atoms with Crippen LogP contribution in [0.2, 0.25) is 0 Å². The van der Waals surface area contributed by atoms with Crippen molar-refractivity contribution < 1.29 is 24.5 Å². The summed E-state index contributed by atoms with van der Waals surface area (Å²) in [5, 5.41) is 17.5. The summed E-state index contributed by atoms with van der Waals surface area (Å²) in [5.74, 6) is 0.547. The third kappa shape index (κ3) is 4.87.